The molecule has 1 atom stereocenters. The maximum absolute atomic E-state index is 13.6. The summed E-state index contributed by atoms with van der Waals surface area (Å²) in [4.78, 5) is 0. The molecule has 0 heterocycles. The second kappa shape index (κ2) is 3.81. The molecular weight excluding hydrogens is 271 g/mol. The van der Waals surface area contributed by atoms with E-state index in [9.17, 15) is 9.50 Å². The monoisotopic (exact) mass is 286 g/mol. The quantitative estimate of drug-likeness (QED) is 0.899. The molecule has 1 N–H and O–H groups in total. The zero-order chi connectivity index (χ0) is 12.0. The van der Waals surface area contributed by atoms with Gasteiger partial charge < -0.3 is 5.11 Å². The van der Waals surface area contributed by atoms with Gasteiger partial charge in [-0.05, 0) is 48.9 Å². The lowest BCUT2D eigenvalue weighted by Gasteiger charge is -2.30. The van der Waals surface area contributed by atoms with E-state index in [1.807, 2.05) is 0 Å². The lowest BCUT2D eigenvalue weighted by atomic mass is 9.82. The van der Waals surface area contributed by atoms with Gasteiger partial charge in [-0.1, -0.05) is 22.9 Å². The molecule has 0 aromatic heterocycles. The highest BCUT2D eigenvalue weighted by Crippen LogP contribution is 2.54. The summed E-state index contributed by atoms with van der Waals surface area (Å²) in [6.45, 7) is 3.86. The average Bonchev–Trinajstić information content (AvgIpc) is 2.91. The van der Waals surface area contributed by atoms with Gasteiger partial charge in [-0.2, -0.15) is 0 Å². The zero-order valence-electron chi connectivity index (χ0n) is 9.56. The predicted octanol–water partition coefficient (Wildman–Crippen LogP) is 3.68. The van der Waals surface area contributed by atoms with Crippen molar-refractivity contribution in [2.75, 3.05) is 0 Å². The normalized spacial score (nSPS) is 21.6. The molecule has 2 rings (SSSR count). The summed E-state index contributed by atoms with van der Waals surface area (Å²) in [6, 6.07) is 4.85. The molecule has 0 radical (unpaired) electrons. The predicted molar refractivity (Wildman–Crippen MR) is 65.8 cm³/mol. The van der Waals surface area contributed by atoms with Gasteiger partial charge in [0.25, 0.3) is 0 Å². The molecule has 1 fully saturated rings. The van der Waals surface area contributed by atoms with Crippen LogP contribution in [-0.4, -0.2) is 10.7 Å². The summed E-state index contributed by atoms with van der Waals surface area (Å²) < 4.78 is 14.4. The number of aliphatic hydroxyl groups is 1. The van der Waals surface area contributed by atoms with Crippen molar-refractivity contribution >= 4 is 15.9 Å². The van der Waals surface area contributed by atoms with Crippen molar-refractivity contribution in [3.05, 3.63) is 34.1 Å². The van der Waals surface area contributed by atoms with Gasteiger partial charge in [0.15, 0.2) is 0 Å². The Morgan fingerprint density at radius 3 is 2.69 bits per heavy atom. The number of hydrogen-bond donors (Lipinski definition) is 1. The lowest BCUT2D eigenvalue weighted by Crippen LogP contribution is -2.37. The Hall–Kier alpha value is -0.410. The average molecular weight is 287 g/mol. The van der Waals surface area contributed by atoms with Gasteiger partial charge in [-0.25, -0.2) is 4.39 Å². The standard InChI is InChI=1S/C13H16BrFO/c1-12(5-6-12)13(2,16)8-9-7-10(14)3-4-11(9)15/h3-4,7,16H,5-6,8H2,1-2H3. The summed E-state index contributed by atoms with van der Waals surface area (Å²) in [5.41, 5.74) is -0.288. The summed E-state index contributed by atoms with van der Waals surface area (Å²) in [7, 11) is 0. The minimum absolute atomic E-state index is 0.0399. The molecule has 1 aromatic carbocycles. The molecule has 88 valence electrons. The van der Waals surface area contributed by atoms with Crippen molar-refractivity contribution in [3.63, 3.8) is 0 Å². The number of halogens is 2. The number of hydrogen-bond acceptors (Lipinski definition) is 1. The van der Waals surface area contributed by atoms with Crippen LogP contribution in [0.25, 0.3) is 0 Å². The molecular formula is C13H16BrFO. The van der Waals surface area contributed by atoms with Gasteiger partial charge in [0.2, 0.25) is 0 Å². The zero-order valence-corrected chi connectivity index (χ0v) is 11.1. The van der Waals surface area contributed by atoms with Crippen LogP contribution in [0.3, 0.4) is 0 Å². The largest absolute Gasteiger partial charge is 0.389 e. The molecule has 1 aliphatic rings. The minimum Gasteiger partial charge on any atom is -0.389 e. The Kier molecular flexibility index (Phi) is 2.87. The molecule has 1 aliphatic carbocycles. The van der Waals surface area contributed by atoms with E-state index in [0.717, 1.165) is 17.3 Å². The molecule has 0 aliphatic heterocycles. The second-order valence-corrected chi connectivity index (χ2v) is 6.16. The van der Waals surface area contributed by atoms with Gasteiger partial charge >= 0.3 is 0 Å². The van der Waals surface area contributed by atoms with Crippen molar-refractivity contribution in [2.24, 2.45) is 5.41 Å². The third-order valence-electron chi connectivity index (χ3n) is 3.84. The first-order chi connectivity index (χ1) is 7.34. The first-order valence-electron chi connectivity index (χ1n) is 5.50. The highest BCUT2D eigenvalue weighted by molar-refractivity contribution is 9.10. The summed E-state index contributed by atoms with van der Waals surface area (Å²) >= 11 is 3.32. The molecule has 1 nitrogen and oxygen atoms in total. The van der Waals surface area contributed by atoms with E-state index in [0.29, 0.717) is 12.0 Å². The van der Waals surface area contributed by atoms with Crippen LogP contribution >= 0.6 is 15.9 Å². The van der Waals surface area contributed by atoms with Crippen LogP contribution in [0.1, 0.15) is 32.3 Å². The van der Waals surface area contributed by atoms with Gasteiger partial charge in [0.1, 0.15) is 5.82 Å². The lowest BCUT2D eigenvalue weighted by molar-refractivity contribution is -0.00770. The van der Waals surface area contributed by atoms with Crippen molar-refractivity contribution in [3.8, 4) is 0 Å². The first-order valence-corrected chi connectivity index (χ1v) is 6.30. The molecule has 0 amide bonds. The van der Waals surface area contributed by atoms with Crippen molar-refractivity contribution in [1.82, 2.24) is 0 Å². The van der Waals surface area contributed by atoms with E-state index in [2.05, 4.69) is 22.9 Å². The molecule has 0 bridgehead atoms. The Bertz CT molecular complexity index is 410. The van der Waals surface area contributed by atoms with E-state index in [4.69, 9.17) is 0 Å². The molecule has 16 heavy (non-hydrogen) atoms. The van der Waals surface area contributed by atoms with Gasteiger partial charge in [0.05, 0.1) is 5.60 Å². The van der Waals surface area contributed by atoms with Crippen LogP contribution in [0.5, 0.6) is 0 Å². The highest BCUT2D eigenvalue weighted by atomic mass is 79.9. The molecule has 0 spiro atoms. The minimum atomic E-state index is -0.825. The third kappa shape index (κ3) is 2.16. The molecule has 3 heteroatoms. The van der Waals surface area contributed by atoms with E-state index in [1.54, 1.807) is 19.1 Å². The summed E-state index contributed by atoms with van der Waals surface area (Å²) in [5.74, 6) is -0.243. The third-order valence-corrected chi connectivity index (χ3v) is 4.34. The fraction of sp³-hybridized carbons (Fsp3) is 0.538. The highest BCUT2D eigenvalue weighted by Gasteiger charge is 2.52. The van der Waals surface area contributed by atoms with Gasteiger partial charge in [0, 0.05) is 10.9 Å². The van der Waals surface area contributed by atoms with E-state index < -0.39 is 5.60 Å². The van der Waals surface area contributed by atoms with E-state index in [-0.39, 0.29) is 11.2 Å². The Morgan fingerprint density at radius 1 is 1.50 bits per heavy atom. The van der Waals surface area contributed by atoms with Crippen LogP contribution in [0.15, 0.2) is 22.7 Å². The molecule has 1 saturated carbocycles. The van der Waals surface area contributed by atoms with Gasteiger partial charge in [-0.15, -0.1) is 0 Å². The molecule has 0 saturated heterocycles. The molecule has 1 aromatic rings. The van der Waals surface area contributed by atoms with Gasteiger partial charge in [-0.3, -0.25) is 0 Å². The van der Waals surface area contributed by atoms with Crippen molar-refractivity contribution < 1.29 is 9.50 Å². The smallest absolute Gasteiger partial charge is 0.126 e. The first kappa shape index (κ1) is 12.1. The SMILES string of the molecule is CC(O)(Cc1cc(Br)ccc1F)C1(C)CC1. The van der Waals surface area contributed by atoms with E-state index >= 15 is 0 Å². The fourth-order valence-electron chi connectivity index (χ4n) is 1.99. The summed E-state index contributed by atoms with van der Waals surface area (Å²) in [6.07, 6.45) is 2.42. The number of rotatable bonds is 3. The van der Waals surface area contributed by atoms with E-state index in [1.165, 1.54) is 6.07 Å². The van der Waals surface area contributed by atoms with Crippen molar-refractivity contribution in [1.29, 1.82) is 0 Å². The van der Waals surface area contributed by atoms with Crippen LogP contribution in [0.2, 0.25) is 0 Å². The Morgan fingerprint density at radius 2 is 2.12 bits per heavy atom. The van der Waals surface area contributed by atoms with Crippen LogP contribution < -0.4 is 0 Å². The molecule has 1 unspecified atom stereocenters. The van der Waals surface area contributed by atoms with Crippen LogP contribution in [0.4, 0.5) is 4.39 Å². The Balaban J connectivity index is 2.23. The van der Waals surface area contributed by atoms with Crippen molar-refractivity contribution in [2.45, 2.75) is 38.7 Å². The fourth-order valence-corrected chi connectivity index (χ4v) is 2.40. The van der Waals surface area contributed by atoms with Crippen LogP contribution in [-0.2, 0) is 6.42 Å². The maximum atomic E-state index is 13.6. The maximum Gasteiger partial charge on any atom is 0.126 e. The second-order valence-electron chi connectivity index (χ2n) is 5.25. The summed E-state index contributed by atoms with van der Waals surface area (Å²) in [5, 5.41) is 10.4. The topological polar surface area (TPSA) is 20.2 Å². The number of benzene rings is 1. The Labute approximate surface area is 104 Å². The van der Waals surface area contributed by atoms with Crippen LogP contribution in [0, 0.1) is 11.2 Å².